The lowest BCUT2D eigenvalue weighted by Crippen LogP contribution is -2.46. The molecule has 1 amide bonds. The van der Waals surface area contributed by atoms with E-state index >= 15 is 0 Å². The van der Waals surface area contributed by atoms with Gasteiger partial charge < -0.3 is 15.5 Å². The van der Waals surface area contributed by atoms with Gasteiger partial charge in [0, 0.05) is 39.6 Å². The van der Waals surface area contributed by atoms with Crippen LogP contribution in [0.3, 0.4) is 0 Å². The van der Waals surface area contributed by atoms with Gasteiger partial charge in [0.15, 0.2) is 5.96 Å². The van der Waals surface area contributed by atoms with E-state index in [1.165, 1.54) is 25.7 Å². The molecule has 2 aliphatic rings. The molecule has 1 fully saturated rings. The van der Waals surface area contributed by atoms with Gasteiger partial charge in [0.2, 0.25) is 5.91 Å². The van der Waals surface area contributed by atoms with E-state index in [1.807, 2.05) is 0 Å². The SMILES string of the molecule is CCNC(=NCCC1=CCCCC1)N1CCC(CC(=O)NC)CC1.I. The summed E-state index contributed by atoms with van der Waals surface area (Å²) in [5.41, 5.74) is 1.59. The molecule has 1 heterocycles. The van der Waals surface area contributed by atoms with Gasteiger partial charge in [-0.2, -0.15) is 0 Å². The van der Waals surface area contributed by atoms with E-state index in [0.717, 1.165) is 51.4 Å². The number of likely N-dealkylation sites (tertiary alicyclic amines) is 1. The lowest BCUT2D eigenvalue weighted by Gasteiger charge is -2.34. The van der Waals surface area contributed by atoms with Crippen molar-refractivity contribution < 1.29 is 4.79 Å². The summed E-state index contributed by atoms with van der Waals surface area (Å²) in [5.74, 6) is 1.72. The number of amides is 1. The minimum absolute atomic E-state index is 0. The molecule has 5 nitrogen and oxygen atoms in total. The third kappa shape index (κ3) is 7.96. The van der Waals surface area contributed by atoms with Crippen molar-refractivity contribution in [1.82, 2.24) is 15.5 Å². The third-order valence-electron chi connectivity index (χ3n) is 5.08. The van der Waals surface area contributed by atoms with Crippen LogP contribution in [0.25, 0.3) is 0 Å². The highest BCUT2D eigenvalue weighted by atomic mass is 127. The van der Waals surface area contributed by atoms with E-state index in [-0.39, 0.29) is 29.9 Å². The Morgan fingerprint density at radius 1 is 1.32 bits per heavy atom. The van der Waals surface area contributed by atoms with E-state index in [0.29, 0.717) is 12.3 Å². The molecule has 2 rings (SSSR count). The van der Waals surface area contributed by atoms with Gasteiger partial charge in [0.05, 0.1) is 0 Å². The van der Waals surface area contributed by atoms with Crippen molar-refractivity contribution in [2.45, 2.75) is 58.3 Å². The zero-order valence-corrected chi connectivity index (χ0v) is 18.2. The maximum Gasteiger partial charge on any atom is 0.220 e. The Bertz CT molecular complexity index is 456. The highest BCUT2D eigenvalue weighted by Crippen LogP contribution is 2.21. The summed E-state index contributed by atoms with van der Waals surface area (Å²) < 4.78 is 0. The van der Waals surface area contributed by atoms with Crippen molar-refractivity contribution in [3.63, 3.8) is 0 Å². The smallest absolute Gasteiger partial charge is 0.220 e. The first-order chi connectivity index (χ1) is 11.7. The monoisotopic (exact) mass is 462 g/mol. The largest absolute Gasteiger partial charge is 0.359 e. The Morgan fingerprint density at radius 2 is 2.08 bits per heavy atom. The predicted octanol–water partition coefficient (Wildman–Crippen LogP) is 3.31. The molecule has 0 saturated carbocycles. The molecule has 25 heavy (non-hydrogen) atoms. The van der Waals surface area contributed by atoms with E-state index in [2.05, 4.69) is 28.5 Å². The molecular formula is C19H35IN4O. The number of carbonyl (C=O) groups is 1. The minimum atomic E-state index is 0. The van der Waals surface area contributed by atoms with Gasteiger partial charge in [-0.05, 0) is 57.8 Å². The first-order valence-electron chi connectivity index (χ1n) is 9.64. The maximum atomic E-state index is 11.5. The van der Waals surface area contributed by atoms with E-state index < -0.39 is 0 Å². The van der Waals surface area contributed by atoms with Crippen molar-refractivity contribution in [3.8, 4) is 0 Å². The number of hydrogen-bond acceptors (Lipinski definition) is 2. The van der Waals surface area contributed by atoms with Crippen LogP contribution in [0.1, 0.15) is 58.3 Å². The first kappa shape index (κ1) is 22.3. The molecule has 0 bridgehead atoms. The second kappa shape index (κ2) is 12.5. The van der Waals surface area contributed by atoms with Crippen LogP contribution in [0.5, 0.6) is 0 Å². The lowest BCUT2D eigenvalue weighted by atomic mass is 9.93. The number of halogens is 1. The summed E-state index contributed by atoms with van der Waals surface area (Å²) in [6, 6.07) is 0. The Labute approximate surface area is 170 Å². The van der Waals surface area contributed by atoms with Gasteiger partial charge in [-0.1, -0.05) is 11.6 Å². The predicted molar refractivity (Wildman–Crippen MR) is 116 cm³/mol. The number of piperidine rings is 1. The molecule has 0 atom stereocenters. The lowest BCUT2D eigenvalue weighted by molar-refractivity contribution is -0.121. The van der Waals surface area contributed by atoms with E-state index in [1.54, 1.807) is 12.6 Å². The van der Waals surface area contributed by atoms with Crippen LogP contribution >= 0.6 is 24.0 Å². The average Bonchev–Trinajstić information content (AvgIpc) is 2.62. The molecule has 0 aromatic heterocycles. The van der Waals surface area contributed by atoms with Crippen LogP contribution in [0.4, 0.5) is 0 Å². The van der Waals surface area contributed by atoms with E-state index in [4.69, 9.17) is 4.99 Å². The Balaban J connectivity index is 0.00000312. The molecule has 0 aromatic rings. The standard InChI is InChI=1S/C19H34N4O.HI/c1-3-21-19(22-12-9-16-7-5-4-6-8-16)23-13-10-17(11-14-23)15-18(24)20-2;/h7,17H,3-6,8-15H2,1-2H3,(H,20,24)(H,21,22);1H. The number of allylic oxidation sites excluding steroid dienone is 1. The number of rotatable bonds is 6. The first-order valence-corrected chi connectivity index (χ1v) is 9.64. The van der Waals surface area contributed by atoms with Crippen molar-refractivity contribution in [2.75, 3.05) is 33.2 Å². The summed E-state index contributed by atoms with van der Waals surface area (Å²) in [6.45, 7) is 5.90. The Kier molecular flexibility index (Phi) is 11.2. The highest BCUT2D eigenvalue weighted by molar-refractivity contribution is 14.0. The van der Waals surface area contributed by atoms with Crippen molar-refractivity contribution in [1.29, 1.82) is 0 Å². The van der Waals surface area contributed by atoms with Gasteiger partial charge in [-0.25, -0.2) is 0 Å². The third-order valence-corrected chi connectivity index (χ3v) is 5.08. The average molecular weight is 462 g/mol. The molecule has 1 aliphatic carbocycles. The second-order valence-corrected chi connectivity index (χ2v) is 6.90. The normalized spacial score (nSPS) is 19.0. The molecular weight excluding hydrogens is 427 g/mol. The molecule has 0 unspecified atom stereocenters. The summed E-state index contributed by atoms with van der Waals surface area (Å²) in [6.07, 6.45) is 11.5. The number of nitrogens with zero attached hydrogens (tertiary/aromatic N) is 2. The number of carbonyl (C=O) groups excluding carboxylic acids is 1. The molecule has 0 radical (unpaired) electrons. The van der Waals surface area contributed by atoms with Crippen LogP contribution in [0.15, 0.2) is 16.6 Å². The number of nitrogens with one attached hydrogen (secondary N) is 2. The van der Waals surface area contributed by atoms with Gasteiger partial charge in [0.25, 0.3) is 0 Å². The minimum Gasteiger partial charge on any atom is -0.359 e. The molecule has 6 heteroatoms. The zero-order chi connectivity index (χ0) is 17.2. The fourth-order valence-corrected chi connectivity index (χ4v) is 3.58. The van der Waals surface area contributed by atoms with Gasteiger partial charge >= 0.3 is 0 Å². The van der Waals surface area contributed by atoms with Crippen LogP contribution in [-0.4, -0.2) is 50.0 Å². The van der Waals surface area contributed by atoms with Gasteiger partial charge in [-0.3, -0.25) is 9.79 Å². The maximum absolute atomic E-state index is 11.5. The highest BCUT2D eigenvalue weighted by Gasteiger charge is 2.23. The summed E-state index contributed by atoms with van der Waals surface area (Å²) in [4.78, 5) is 18.7. The summed E-state index contributed by atoms with van der Waals surface area (Å²) in [5, 5.41) is 6.17. The molecule has 0 aromatic carbocycles. The topological polar surface area (TPSA) is 56.7 Å². The van der Waals surface area contributed by atoms with Crippen LogP contribution in [0, 0.1) is 5.92 Å². The Morgan fingerprint density at radius 3 is 2.68 bits per heavy atom. The number of hydrogen-bond donors (Lipinski definition) is 2. The van der Waals surface area contributed by atoms with Gasteiger partial charge in [-0.15, -0.1) is 24.0 Å². The molecule has 2 N–H and O–H groups in total. The van der Waals surface area contributed by atoms with Gasteiger partial charge in [0.1, 0.15) is 0 Å². The molecule has 1 aliphatic heterocycles. The van der Waals surface area contributed by atoms with Crippen molar-refractivity contribution in [2.24, 2.45) is 10.9 Å². The fraction of sp³-hybridized carbons (Fsp3) is 0.789. The number of guanidine groups is 1. The summed E-state index contributed by atoms with van der Waals surface area (Å²) >= 11 is 0. The van der Waals surface area contributed by atoms with Crippen LogP contribution in [-0.2, 0) is 4.79 Å². The molecule has 1 saturated heterocycles. The molecule has 144 valence electrons. The number of aliphatic imine (C=N–C) groups is 1. The quantitative estimate of drug-likeness (QED) is 0.276. The Hall–Kier alpha value is -0.790. The zero-order valence-electron chi connectivity index (χ0n) is 15.9. The van der Waals surface area contributed by atoms with Crippen LogP contribution in [0.2, 0.25) is 0 Å². The van der Waals surface area contributed by atoms with E-state index in [9.17, 15) is 4.79 Å². The second-order valence-electron chi connectivity index (χ2n) is 6.90. The van der Waals surface area contributed by atoms with Crippen LogP contribution < -0.4 is 10.6 Å². The molecule has 0 spiro atoms. The fourth-order valence-electron chi connectivity index (χ4n) is 3.58. The van der Waals surface area contributed by atoms with Crippen molar-refractivity contribution in [3.05, 3.63) is 11.6 Å². The van der Waals surface area contributed by atoms with Crippen molar-refractivity contribution >= 4 is 35.8 Å². The summed E-state index contributed by atoms with van der Waals surface area (Å²) in [7, 11) is 1.72.